The molecule has 5 nitrogen and oxygen atoms in total. The molecule has 1 rings (SSSR count). The number of unbranched alkanes of at least 4 members (excludes halogenated alkanes) is 8. The molecule has 0 spiro atoms. The van der Waals surface area contributed by atoms with Crippen molar-refractivity contribution in [2.45, 2.75) is 83.6 Å². The van der Waals surface area contributed by atoms with Gasteiger partial charge < -0.3 is 15.5 Å². The van der Waals surface area contributed by atoms with Gasteiger partial charge in [0.25, 0.3) is 5.91 Å². The van der Waals surface area contributed by atoms with Crippen LogP contribution in [0.25, 0.3) is 0 Å². The summed E-state index contributed by atoms with van der Waals surface area (Å²) < 4.78 is 0.339. The standard InChI is InChI=1S/C25H43N3O2/c1-4-5-6-7-8-9-10-11-15-18-24(29)23(19-20-26)28(2,3)21-25(30)27-22-16-13-12-14-17-22/h12-14,16-17,23H,4-11,15,18-21,26H2,1-3H3/p+1. The van der Waals surface area contributed by atoms with Crippen LogP contribution in [0.15, 0.2) is 30.3 Å². The van der Waals surface area contributed by atoms with Crippen LogP contribution in [-0.2, 0) is 9.59 Å². The molecule has 1 aromatic carbocycles. The fraction of sp³-hybridized carbons (Fsp3) is 0.680. The third-order valence-electron chi connectivity index (χ3n) is 5.79. The second kappa shape index (κ2) is 15.1. The van der Waals surface area contributed by atoms with E-state index in [9.17, 15) is 9.59 Å². The summed E-state index contributed by atoms with van der Waals surface area (Å²) in [5, 5.41) is 2.92. The van der Waals surface area contributed by atoms with E-state index in [1.807, 2.05) is 44.4 Å². The molecule has 30 heavy (non-hydrogen) atoms. The van der Waals surface area contributed by atoms with E-state index in [0.29, 0.717) is 23.9 Å². The molecule has 170 valence electrons. The van der Waals surface area contributed by atoms with E-state index in [2.05, 4.69) is 12.2 Å². The molecule has 1 unspecified atom stereocenters. The summed E-state index contributed by atoms with van der Waals surface area (Å²) in [7, 11) is 3.91. The van der Waals surface area contributed by atoms with Crippen molar-refractivity contribution in [3.05, 3.63) is 30.3 Å². The lowest BCUT2D eigenvalue weighted by Crippen LogP contribution is -2.56. The first-order valence-electron chi connectivity index (χ1n) is 11.8. The molecule has 5 heteroatoms. The first-order valence-corrected chi connectivity index (χ1v) is 11.8. The second-order valence-electron chi connectivity index (χ2n) is 8.99. The van der Waals surface area contributed by atoms with Crippen LogP contribution < -0.4 is 11.1 Å². The number of benzene rings is 1. The van der Waals surface area contributed by atoms with Gasteiger partial charge in [-0.25, -0.2) is 0 Å². The number of nitrogens with one attached hydrogen (secondary N) is 1. The zero-order valence-corrected chi connectivity index (χ0v) is 19.5. The number of carbonyl (C=O) groups excluding carboxylic acids is 2. The van der Waals surface area contributed by atoms with Crippen LogP contribution >= 0.6 is 0 Å². The Morgan fingerprint density at radius 3 is 2.07 bits per heavy atom. The van der Waals surface area contributed by atoms with Gasteiger partial charge >= 0.3 is 0 Å². The van der Waals surface area contributed by atoms with E-state index in [-0.39, 0.29) is 24.3 Å². The van der Waals surface area contributed by atoms with Crippen LogP contribution in [0.3, 0.4) is 0 Å². The SMILES string of the molecule is CCCCCCCCCCCC(=O)C(CCN)[N+](C)(C)CC(=O)Nc1ccccc1. The topological polar surface area (TPSA) is 72.2 Å². The van der Waals surface area contributed by atoms with Gasteiger partial charge in [0.15, 0.2) is 12.3 Å². The Hall–Kier alpha value is -1.72. The molecule has 3 N–H and O–H groups in total. The van der Waals surface area contributed by atoms with Crippen molar-refractivity contribution in [1.82, 2.24) is 0 Å². The molecule has 0 heterocycles. The zero-order chi connectivity index (χ0) is 22.2. The van der Waals surface area contributed by atoms with E-state index < -0.39 is 0 Å². The number of hydrogen-bond acceptors (Lipinski definition) is 3. The van der Waals surface area contributed by atoms with Crippen molar-refractivity contribution >= 4 is 17.4 Å². The van der Waals surface area contributed by atoms with Crippen molar-refractivity contribution in [2.75, 3.05) is 32.5 Å². The highest BCUT2D eigenvalue weighted by molar-refractivity contribution is 5.92. The number of hydrogen-bond donors (Lipinski definition) is 2. The van der Waals surface area contributed by atoms with Gasteiger partial charge in [-0.05, 0) is 25.1 Å². The summed E-state index contributed by atoms with van der Waals surface area (Å²) in [6, 6.07) is 9.20. The second-order valence-corrected chi connectivity index (χ2v) is 8.99. The molecule has 1 amide bonds. The first kappa shape index (κ1) is 26.3. The van der Waals surface area contributed by atoms with E-state index in [1.54, 1.807) is 0 Å². The largest absolute Gasteiger partial charge is 0.330 e. The number of carbonyl (C=O) groups is 2. The molecular weight excluding hydrogens is 374 g/mol. The molecule has 1 aromatic rings. The first-order chi connectivity index (χ1) is 14.4. The van der Waals surface area contributed by atoms with Crippen LogP contribution in [0.4, 0.5) is 5.69 Å². The molecule has 0 bridgehead atoms. The number of ketones is 1. The Morgan fingerprint density at radius 2 is 1.50 bits per heavy atom. The monoisotopic (exact) mass is 418 g/mol. The van der Waals surface area contributed by atoms with Gasteiger partial charge in [0.1, 0.15) is 6.04 Å². The maximum absolute atomic E-state index is 12.9. The normalized spacial score (nSPS) is 12.5. The van der Waals surface area contributed by atoms with E-state index in [0.717, 1.165) is 18.5 Å². The van der Waals surface area contributed by atoms with Gasteiger partial charge in [-0.3, -0.25) is 9.59 Å². The summed E-state index contributed by atoms with van der Waals surface area (Å²) in [5.41, 5.74) is 6.58. The highest BCUT2D eigenvalue weighted by Crippen LogP contribution is 2.17. The molecular formula is C25H44N3O2+. The predicted molar refractivity (Wildman–Crippen MR) is 126 cm³/mol. The molecule has 0 fully saturated rings. The summed E-state index contributed by atoms with van der Waals surface area (Å²) in [5.74, 6) is 0.157. The Bertz CT molecular complexity index is 602. The number of likely N-dealkylation sites (N-methyl/N-ethyl adjacent to an activating group) is 1. The van der Waals surface area contributed by atoms with Gasteiger partial charge in [-0.1, -0.05) is 76.5 Å². The van der Waals surface area contributed by atoms with Gasteiger partial charge in [-0.2, -0.15) is 0 Å². The lowest BCUT2D eigenvalue weighted by atomic mass is 9.99. The molecule has 0 saturated carbocycles. The maximum Gasteiger partial charge on any atom is 0.279 e. The Kier molecular flexibility index (Phi) is 13.3. The Labute approximate surface area is 184 Å². The van der Waals surface area contributed by atoms with Gasteiger partial charge in [0.05, 0.1) is 14.1 Å². The number of Topliss-reactive ketones (excluding diaryl/α,β-unsaturated/α-hetero) is 1. The summed E-state index contributed by atoms with van der Waals surface area (Å²) >= 11 is 0. The molecule has 0 aliphatic carbocycles. The highest BCUT2D eigenvalue weighted by Gasteiger charge is 2.35. The van der Waals surface area contributed by atoms with Crippen LogP contribution in [0.2, 0.25) is 0 Å². The average Bonchev–Trinajstić information content (AvgIpc) is 2.70. The van der Waals surface area contributed by atoms with Crippen molar-refractivity contribution in [2.24, 2.45) is 5.73 Å². The number of quaternary nitrogens is 1. The van der Waals surface area contributed by atoms with E-state index in [1.165, 1.54) is 44.9 Å². The lowest BCUT2D eigenvalue weighted by molar-refractivity contribution is -0.898. The van der Waals surface area contributed by atoms with Crippen molar-refractivity contribution in [3.63, 3.8) is 0 Å². The van der Waals surface area contributed by atoms with Crippen LogP contribution in [0.1, 0.15) is 77.6 Å². The Balaban J connectivity index is 2.41. The molecule has 0 aliphatic heterocycles. The molecule has 0 saturated heterocycles. The smallest absolute Gasteiger partial charge is 0.279 e. The number of anilines is 1. The quantitative estimate of drug-likeness (QED) is 0.279. The van der Waals surface area contributed by atoms with Crippen molar-refractivity contribution < 1.29 is 14.1 Å². The minimum absolute atomic E-state index is 0.0795. The molecule has 0 aliphatic rings. The zero-order valence-electron chi connectivity index (χ0n) is 19.5. The molecule has 1 atom stereocenters. The Morgan fingerprint density at radius 1 is 0.933 bits per heavy atom. The third-order valence-corrected chi connectivity index (χ3v) is 5.79. The van der Waals surface area contributed by atoms with Crippen LogP contribution in [-0.4, -0.2) is 49.4 Å². The van der Waals surface area contributed by atoms with Crippen LogP contribution in [0.5, 0.6) is 0 Å². The predicted octanol–water partition coefficient (Wildman–Crippen LogP) is 4.91. The number of para-hydroxylation sites is 1. The maximum atomic E-state index is 12.9. The van der Waals surface area contributed by atoms with E-state index >= 15 is 0 Å². The average molecular weight is 419 g/mol. The summed E-state index contributed by atoms with van der Waals surface area (Å²) in [6.07, 6.45) is 12.3. The third kappa shape index (κ3) is 10.9. The van der Waals surface area contributed by atoms with Gasteiger partial charge in [-0.15, -0.1) is 0 Å². The number of nitrogens with zero attached hydrogens (tertiary/aromatic N) is 1. The number of amides is 1. The summed E-state index contributed by atoms with van der Waals surface area (Å²) in [4.78, 5) is 25.4. The fourth-order valence-electron chi connectivity index (χ4n) is 4.04. The number of rotatable bonds is 17. The number of nitrogens with two attached hydrogens (primary N) is 1. The fourth-order valence-corrected chi connectivity index (χ4v) is 4.04. The highest BCUT2D eigenvalue weighted by atomic mass is 16.2. The summed E-state index contributed by atoms with van der Waals surface area (Å²) in [6.45, 7) is 2.95. The van der Waals surface area contributed by atoms with Crippen LogP contribution in [0, 0.1) is 0 Å². The molecule has 0 radical (unpaired) electrons. The lowest BCUT2D eigenvalue weighted by Gasteiger charge is -2.36. The van der Waals surface area contributed by atoms with E-state index in [4.69, 9.17) is 5.73 Å². The van der Waals surface area contributed by atoms with Gasteiger partial charge in [0.2, 0.25) is 0 Å². The van der Waals surface area contributed by atoms with Crippen molar-refractivity contribution in [3.8, 4) is 0 Å². The minimum atomic E-state index is -0.231. The van der Waals surface area contributed by atoms with Crippen molar-refractivity contribution in [1.29, 1.82) is 0 Å². The molecule has 0 aromatic heterocycles. The minimum Gasteiger partial charge on any atom is -0.330 e. The van der Waals surface area contributed by atoms with Gasteiger partial charge in [0, 0.05) is 18.5 Å².